The molecule has 0 aliphatic heterocycles. The van der Waals surface area contributed by atoms with Crippen LogP contribution in [0.15, 0.2) is 30.3 Å². The van der Waals surface area contributed by atoms with Crippen LogP contribution >= 0.6 is 11.6 Å². The van der Waals surface area contributed by atoms with Crippen LogP contribution in [-0.2, 0) is 17.8 Å². The first-order chi connectivity index (χ1) is 14.0. The van der Waals surface area contributed by atoms with Crippen molar-refractivity contribution in [3.63, 3.8) is 0 Å². The van der Waals surface area contributed by atoms with Gasteiger partial charge in [0.2, 0.25) is 0 Å². The Balaban J connectivity index is 1.84. The summed E-state index contributed by atoms with van der Waals surface area (Å²) in [5, 5.41) is 10.3. The molecule has 1 heterocycles. The molecule has 1 aromatic heterocycles. The summed E-state index contributed by atoms with van der Waals surface area (Å²) in [5.74, 6) is 0.160. The number of allylic oxidation sites excluding steroid dienone is 1. The quantitative estimate of drug-likeness (QED) is 0.522. The molecule has 29 heavy (non-hydrogen) atoms. The largest absolute Gasteiger partial charge is 0.481 e. The molecule has 3 rings (SSSR count). The van der Waals surface area contributed by atoms with Crippen molar-refractivity contribution in [3.8, 4) is 0 Å². The summed E-state index contributed by atoms with van der Waals surface area (Å²) in [6, 6.07) is 8.09. The van der Waals surface area contributed by atoms with Crippen LogP contribution < -0.4 is 0 Å². The third-order valence-electron chi connectivity index (χ3n) is 5.94. The maximum absolute atomic E-state index is 11.9. The molecular formula is C24H31ClN2O2. The lowest BCUT2D eigenvalue weighted by molar-refractivity contribution is -0.140. The van der Waals surface area contributed by atoms with Crippen molar-refractivity contribution >= 4 is 23.6 Å². The maximum Gasteiger partial charge on any atom is 0.311 e. The van der Waals surface area contributed by atoms with Gasteiger partial charge < -0.3 is 9.67 Å². The van der Waals surface area contributed by atoms with Crippen molar-refractivity contribution in [2.24, 2.45) is 5.92 Å². The molecular weight excluding hydrogens is 384 g/mol. The van der Waals surface area contributed by atoms with Crippen molar-refractivity contribution in [2.45, 2.75) is 71.3 Å². The Kier molecular flexibility index (Phi) is 7.54. The number of halogens is 1. The molecule has 1 unspecified atom stereocenters. The van der Waals surface area contributed by atoms with Gasteiger partial charge in [-0.1, -0.05) is 68.1 Å². The number of aryl methyl sites for hydroxylation is 1. The molecule has 1 aliphatic carbocycles. The third kappa shape index (κ3) is 5.11. The predicted molar refractivity (Wildman–Crippen MR) is 118 cm³/mol. The van der Waals surface area contributed by atoms with Gasteiger partial charge in [0.25, 0.3) is 0 Å². The zero-order chi connectivity index (χ0) is 20.8. The summed E-state index contributed by atoms with van der Waals surface area (Å²) in [4.78, 5) is 16.5. The zero-order valence-electron chi connectivity index (χ0n) is 17.4. The molecule has 2 aromatic rings. The second kappa shape index (κ2) is 10.1. The van der Waals surface area contributed by atoms with Gasteiger partial charge in [-0.15, -0.1) is 0 Å². The van der Waals surface area contributed by atoms with Gasteiger partial charge in [-0.25, -0.2) is 4.98 Å². The van der Waals surface area contributed by atoms with E-state index in [1.807, 2.05) is 31.2 Å². The van der Waals surface area contributed by atoms with Crippen molar-refractivity contribution < 1.29 is 9.90 Å². The van der Waals surface area contributed by atoms with Gasteiger partial charge in [0.15, 0.2) is 5.15 Å². The second-order valence-electron chi connectivity index (χ2n) is 8.00. The second-order valence-corrected chi connectivity index (χ2v) is 8.35. The van der Waals surface area contributed by atoms with E-state index >= 15 is 0 Å². The minimum Gasteiger partial charge on any atom is -0.481 e. The number of carboxylic acid groups (broad SMARTS) is 1. The molecule has 0 spiro atoms. The van der Waals surface area contributed by atoms with E-state index < -0.39 is 11.9 Å². The predicted octanol–water partition coefficient (Wildman–Crippen LogP) is 6.32. The van der Waals surface area contributed by atoms with E-state index in [9.17, 15) is 9.90 Å². The number of imidazole rings is 1. The van der Waals surface area contributed by atoms with Crippen LogP contribution in [0.5, 0.6) is 0 Å². The fourth-order valence-electron chi connectivity index (χ4n) is 4.42. The van der Waals surface area contributed by atoms with Crippen LogP contribution in [0.4, 0.5) is 0 Å². The molecule has 1 aliphatic rings. The Bertz CT molecular complexity index is 849. The zero-order valence-corrected chi connectivity index (χ0v) is 18.2. The van der Waals surface area contributed by atoms with Crippen molar-refractivity contribution in [3.05, 3.63) is 58.1 Å². The SMILES string of the molecule is CC=Cc1c(Cl)nc(CCCC)n1Cc1ccc(C(C(=O)O)C2CCCC2)cc1. The molecule has 4 nitrogen and oxygen atoms in total. The fraction of sp³-hybridized carbons (Fsp3) is 0.500. The van der Waals surface area contributed by atoms with Gasteiger partial charge in [0.05, 0.1) is 11.6 Å². The highest BCUT2D eigenvalue weighted by atomic mass is 35.5. The van der Waals surface area contributed by atoms with Gasteiger partial charge in [0.1, 0.15) is 5.82 Å². The summed E-state index contributed by atoms with van der Waals surface area (Å²) in [7, 11) is 0. The number of unbranched alkanes of at least 4 members (excludes halogenated alkanes) is 1. The van der Waals surface area contributed by atoms with Gasteiger partial charge in [-0.3, -0.25) is 4.79 Å². The fourth-order valence-corrected chi connectivity index (χ4v) is 4.68. The molecule has 0 radical (unpaired) electrons. The van der Waals surface area contributed by atoms with E-state index in [-0.39, 0.29) is 5.92 Å². The van der Waals surface area contributed by atoms with E-state index in [0.717, 1.165) is 67.6 Å². The molecule has 1 N–H and O–H groups in total. The highest BCUT2D eigenvalue weighted by molar-refractivity contribution is 6.30. The van der Waals surface area contributed by atoms with Gasteiger partial charge in [-0.05, 0) is 49.3 Å². The smallest absolute Gasteiger partial charge is 0.311 e. The normalized spacial score (nSPS) is 16.0. The van der Waals surface area contributed by atoms with Crippen LogP contribution in [0.2, 0.25) is 5.15 Å². The van der Waals surface area contributed by atoms with Crippen LogP contribution in [0.25, 0.3) is 6.08 Å². The Morgan fingerprint density at radius 1 is 1.31 bits per heavy atom. The average molecular weight is 415 g/mol. The number of hydrogen-bond donors (Lipinski definition) is 1. The van der Waals surface area contributed by atoms with Crippen molar-refractivity contribution in [1.82, 2.24) is 9.55 Å². The first kappa shape index (κ1) is 21.6. The van der Waals surface area contributed by atoms with Crippen molar-refractivity contribution in [2.75, 3.05) is 0 Å². The third-order valence-corrected chi connectivity index (χ3v) is 6.21. The minimum atomic E-state index is -0.705. The Morgan fingerprint density at radius 3 is 2.59 bits per heavy atom. The van der Waals surface area contributed by atoms with Crippen LogP contribution in [-0.4, -0.2) is 20.6 Å². The van der Waals surface area contributed by atoms with Gasteiger partial charge >= 0.3 is 5.97 Å². The summed E-state index contributed by atoms with van der Waals surface area (Å²) in [6.45, 7) is 4.83. The highest BCUT2D eigenvalue weighted by Gasteiger charge is 2.31. The number of hydrogen-bond acceptors (Lipinski definition) is 2. The number of aliphatic carboxylic acids is 1. The summed E-state index contributed by atoms with van der Waals surface area (Å²) in [6.07, 6.45) is 11.4. The molecule has 1 aromatic carbocycles. The number of aromatic nitrogens is 2. The number of carbonyl (C=O) groups is 1. The van der Waals surface area contributed by atoms with Crippen molar-refractivity contribution in [1.29, 1.82) is 0 Å². The highest BCUT2D eigenvalue weighted by Crippen LogP contribution is 2.37. The lowest BCUT2D eigenvalue weighted by Crippen LogP contribution is -2.19. The first-order valence-corrected chi connectivity index (χ1v) is 11.1. The van der Waals surface area contributed by atoms with E-state index in [0.29, 0.717) is 11.7 Å². The molecule has 0 saturated heterocycles. The Morgan fingerprint density at radius 2 is 2.00 bits per heavy atom. The summed E-state index contributed by atoms with van der Waals surface area (Å²) in [5.41, 5.74) is 2.97. The van der Waals surface area contributed by atoms with E-state index in [1.54, 1.807) is 0 Å². The first-order valence-electron chi connectivity index (χ1n) is 10.7. The Hall–Kier alpha value is -2.07. The monoisotopic (exact) mass is 414 g/mol. The van der Waals surface area contributed by atoms with E-state index in [2.05, 4.69) is 28.6 Å². The molecule has 1 atom stereocenters. The summed E-state index contributed by atoms with van der Waals surface area (Å²) < 4.78 is 2.18. The van der Waals surface area contributed by atoms with Crippen LogP contribution in [0, 0.1) is 5.92 Å². The lowest BCUT2D eigenvalue weighted by atomic mass is 9.84. The van der Waals surface area contributed by atoms with E-state index in [4.69, 9.17) is 11.6 Å². The number of rotatable bonds is 9. The molecule has 0 amide bonds. The van der Waals surface area contributed by atoms with E-state index in [1.165, 1.54) is 0 Å². The number of benzene rings is 1. The minimum absolute atomic E-state index is 0.257. The maximum atomic E-state index is 11.9. The molecule has 5 heteroatoms. The topological polar surface area (TPSA) is 55.1 Å². The van der Waals surface area contributed by atoms with Gasteiger partial charge in [-0.2, -0.15) is 0 Å². The molecule has 0 bridgehead atoms. The lowest BCUT2D eigenvalue weighted by Gasteiger charge is -2.20. The summed E-state index contributed by atoms with van der Waals surface area (Å²) >= 11 is 6.40. The molecule has 156 valence electrons. The molecule has 1 fully saturated rings. The standard InChI is InChI=1S/C24H31ClN2O2/c1-3-5-11-21-26-23(25)20(8-4-2)27(21)16-17-12-14-19(15-13-17)22(24(28)29)18-9-6-7-10-18/h4,8,12-15,18,22H,3,5-7,9-11,16H2,1-2H3,(H,28,29). The van der Waals surface area contributed by atoms with Crippen LogP contribution in [0.3, 0.4) is 0 Å². The molecule has 1 saturated carbocycles. The number of nitrogens with zero attached hydrogens (tertiary/aromatic N) is 2. The van der Waals surface area contributed by atoms with Crippen LogP contribution in [0.1, 0.15) is 80.9 Å². The van der Waals surface area contributed by atoms with Gasteiger partial charge in [0, 0.05) is 13.0 Å². The number of carboxylic acids is 1. The average Bonchev–Trinajstić information content (AvgIpc) is 3.32. The Labute approximate surface area is 178 Å².